The molecule has 6 heteroatoms. The highest BCUT2D eigenvalue weighted by molar-refractivity contribution is 5.92. The van der Waals surface area contributed by atoms with Crippen molar-refractivity contribution in [2.75, 3.05) is 50.5 Å². The number of para-hydroxylation sites is 1. The minimum Gasteiger partial charge on any atom is -0.375 e. The Labute approximate surface area is 167 Å². The summed E-state index contributed by atoms with van der Waals surface area (Å²) in [4.78, 5) is 28.0. The van der Waals surface area contributed by atoms with Crippen LogP contribution in [0, 0.1) is 6.92 Å². The quantitative estimate of drug-likeness (QED) is 0.620. The molecule has 0 aromatic heterocycles. The lowest BCUT2D eigenvalue weighted by molar-refractivity contribution is -0.122. The Morgan fingerprint density at radius 1 is 0.893 bits per heavy atom. The number of amides is 2. The summed E-state index contributed by atoms with van der Waals surface area (Å²) in [5.74, 6) is -0.211. The molecular formula is C22H30N4O2. The lowest BCUT2D eigenvalue weighted by Crippen LogP contribution is -2.39. The second-order valence-corrected chi connectivity index (χ2v) is 7.05. The average molecular weight is 383 g/mol. The van der Waals surface area contributed by atoms with E-state index in [4.69, 9.17) is 0 Å². The molecule has 0 heterocycles. The number of rotatable bonds is 10. The van der Waals surface area contributed by atoms with E-state index in [1.54, 1.807) is 11.9 Å². The van der Waals surface area contributed by atoms with Gasteiger partial charge in [0.15, 0.2) is 0 Å². The average Bonchev–Trinajstić information content (AvgIpc) is 2.67. The molecule has 0 aliphatic heterocycles. The van der Waals surface area contributed by atoms with Crippen molar-refractivity contribution < 1.29 is 9.59 Å². The molecule has 0 aliphatic rings. The smallest absolute Gasteiger partial charge is 0.238 e. The Morgan fingerprint density at radius 3 is 2.21 bits per heavy atom. The van der Waals surface area contributed by atoms with E-state index in [2.05, 4.69) is 27.7 Å². The van der Waals surface area contributed by atoms with E-state index in [1.165, 1.54) is 0 Å². The molecule has 0 saturated heterocycles. The normalized spacial score (nSPS) is 10.6. The Morgan fingerprint density at radius 2 is 1.54 bits per heavy atom. The fourth-order valence-electron chi connectivity index (χ4n) is 2.80. The molecule has 0 fully saturated rings. The largest absolute Gasteiger partial charge is 0.375 e. The number of benzene rings is 2. The van der Waals surface area contributed by atoms with Gasteiger partial charge in [-0.1, -0.05) is 35.9 Å². The van der Waals surface area contributed by atoms with Gasteiger partial charge >= 0.3 is 0 Å². The summed E-state index contributed by atoms with van der Waals surface area (Å²) >= 11 is 0. The zero-order valence-corrected chi connectivity index (χ0v) is 16.9. The molecule has 0 aliphatic carbocycles. The molecule has 2 aromatic carbocycles. The van der Waals surface area contributed by atoms with Crippen molar-refractivity contribution in [3.63, 3.8) is 0 Å². The molecule has 0 atom stereocenters. The molecule has 0 spiro atoms. The molecule has 2 rings (SSSR count). The highest BCUT2D eigenvalue weighted by Gasteiger charge is 2.11. The van der Waals surface area contributed by atoms with E-state index in [1.807, 2.05) is 56.4 Å². The maximum atomic E-state index is 12.1. The van der Waals surface area contributed by atoms with Gasteiger partial charge in [-0.25, -0.2) is 0 Å². The van der Waals surface area contributed by atoms with Crippen LogP contribution in [0.1, 0.15) is 12.0 Å². The number of likely N-dealkylation sites (N-methyl/N-ethyl adjacent to an activating group) is 1. The third-order valence-electron chi connectivity index (χ3n) is 4.35. The SMILES string of the molecule is Cc1ccc(NC(=O)CN(C)CC(=O)NCCCN(C)c2ccccc2)cc1. The lowest BCUT2D eigenvalue weighted by Gasteiger charge is -2.19. The third kappa shape index (κ3) is 7.80. The number of carbonyl (C=O) groups is 2. The first-order chi connectivity index (χ1) is 13.4. The van der Waals surface area contributed by atoms with Crippen molar-refractivity contribution in [1.29, 1.82) is 0 Å². The predicted molar refractivity (Wildman–Crippen MR) is 115 cm³/mol. The van der Waals surface area contributed by atoms with Gasteiger partial charge < -0.3 is 15.5 Å². The predicted octanol–water partition coefficient (Wildman–Crippen LogP) is 2.51. The van der Waals surface area contributed by atoms with Crippen LogP contribution in [0.25, 0.3) is 0 Å². The van der Waals surface area contributed by atoms with Gasteiger partial charge in [0.1, 0.15) is 0 Å². The summed E-state index contributed by atoms with van der Waals surface area (Å²) in [6, 6.07) is 17.8. The summed E-state index contributed by atoms with van der Waals surface area (Å²) in [5.41, 5.74) is 3.06. The minimum atomic E-state index is -0.136. The zero-order chi connectivity index (χ0) is 20.4. The number of nitrogens with one attached hydrogen (secondary N) is 2. The first-order valence-corrected chi connectivity index (χ1v) is 9.52. The standard InChI is InChI=1S/C22H30N4O2/c1-18-10-12-19(13-11-18)24-22(28)17-25(2)16-21(27)23-14-7-15-26(3)20-8-5-4-6-9-20/h4-6,8-13H,7,14-17H2,1-3H3,(H,23,27)(H,24,28). The van der Waals surface area contributed by atoms with E-state index in [0.717, 1.165) is 29.9 Å². The lowest BCUT2D eigenvalue weighted by atomic mass is 10.2. The van der Waals surface area contributed by atoms with Crippen molar-refractivity contribution >= 4 is 23.2 Å². The number of aryl methyl sites for hydroxylation is 1. The molecule has 2 aromatic rings. The first-order valence-electron chi connectivity index (χ1n) is 9.52. The Hall–Kier alpha value is -2.86. The second kappa shape index (κ2) is 11.1. The van der Waals surface area contributed by atoms with Crippen molar-refractivity contribution in [1.82, 2.24) is 10.2 Å². The minimum absolute atomic E-state index is 0.0759. The van der Waals surface area contributed by atoms with Gasteiger partial charge in [0.05, 0.1) is 13.1 Å². The van der Waals surface area contributed by atoms with Crippen LogP contribution < -0.4 is 15.5 Å². The van der Waals surface area contributed by atoms with E-state index in [9.17, 15) is 9.59 Å². The van der Waals surface area contributed by atoms with Gasteiger partial charge in [-0.3, -0.25) is 14.5 Å². The van der Waals surface area contributed by atoms with Gasteiger partial charge in [-0.2, -0.15) is 0 Å². The van der Waals surface area contributed by atoms with Gasteiger partial charge in [-0.15, -0.1) is 0 Å². The molecule has 150 valence electrons. The van der Waals surface area contributed by atoms with Gasteiger partial charge in [0.25, 0.3) is 0 Å². The van der Waals surface area contributed by atoms with Crippen LogP contribution in [0.3, 0.4) is 0 Å². The summed E-state index contributed by atoms with van der Waals surface area (Å²) in [7, 11) is 3.80. The molecule has 0 bridgehead atoms. The fraction of sp³-hybridized carbons (Fsp3) is 0.364. The Balaban J connectivity index is 1.61. The molecule has 0 radical (unpaired) electrons. The summed E-state index contributed by atoms with van der Waals surface area (Å²) in [6.45, 7) is 3.82. The summed E-state index contributed by atoms with van der Waals surface area (Å²) in [6.07, 6.45) is 0.856. The molecule has 2 N–H and O–H groups in total. The molecule has 0 saturated carbocycles. The maximum Gasteiger partial charge on any atom is 0.238 e. The monoisotopic (exact) mass is 382 g/mol. The van der Waals surface area contributed by atoms with Gasteiger partial charge in [-0.05, 0) is 44.7 Å². The first kappa shape index (κ1) is 21.4. The van der Waals surface area contributed by atoms with Crippen molar-refractivity contribution in [3.05, 3.63) is 60.2 Å². The van der Waals surface area contributed by atoms with E-state index >= 15 is 0 Å². The molecular weight excluding hydrogens is 352 g/mol. The highest BCUT2D eigenvalue weighted by atomic mass is 16.2. The van der Waals surface area contributed by atoms with Crippen LogP contribution >= 0.6 is 0 Å². The van der Waals surface area contributed by atoms with Crippen LogP contribution in [0.15, 0.2) is 54.6 Å². The van der Waals surface area contributed by atoms with Crippen LogP contribution in [-0.4, -0.2) is 57.0 Å². The number of hydrogen-bond acceptors (Lipinski definition) is 4. The zero-order valence-electron chi connectivity index (χ0n) is 16.9. The van der Waals surface area contributed by atoms with Crippen molar-refractivity contribution in [2.45, 2.75) is 13.3 Å². The number of carbonyl (C=O) groups excluding carboxylic acids is 2. The van der Waals surface area contributed by atoms with Crippen molar-refractivity contribution in [3.8, 4) is 0 Å². The topological polar surface area (TPSA) is 64.7 Å². The highest BCUT2D eigenvalue weighted by Crippen LogP contribution is 2.10. The molecule has 28 heavy (non-hydrogen) atoms. The van der Waals surface area contributed by atoms with Gasteiger partial charge in [0, 0.05) is 31.5 Å². The molecule has 6 nitrogen and oxygen atoms in total. The van der Waals surface area contributed by atoms with E-state index in [0.29, 0.717) is 6.54 Å². The number of nitrogens with zero attached hydrogens (tertiary/aromatic N) is 2. The van der Waals surface area contributed by atoms with E-state index < -0.39 is 0 Å². The van der Waals surface area contributed by atoms with Crippen LogP contribution in [0.2, 0.25) is 0 Å². The summed E-state index contributed by atoms with van der Waals surface area (Å²) in [5, 5.41) is 5.75. The number of hydrogen-bond donors (Lipinski definition) is 2. The van der Waals surface area contributed by atoms with Crippen LogP contribution in [0.5, 0.6) is 0 Å². The van der Waals surface area contributed by atoms with E-state index in [-0.39, 0.29) is 24.9 Å². The Bertz CT molecular complexity index is 747. The molecule has 2 amide bonds. The maximum absolute atomic E-state index is 12.1. The third-order valence-corrected chi connectivity index (χ3v) is 4.35. The van der Waals surface area contributed by atoms with Crippen LogP contribution in [-0.2, 0) is 9.59 Å². The summed E-state index contributed by atoms with van der Waals surface area (Å²) < 4.78 is 0. The Kier molecular flexibility index (Phi) is 8.49. The van der Waals surface area contributed by atoms with Crippen molar-refractivity contribution in [2.24, 2.45) is 0 Å². The van der Waals surface area contributed by atoms with Gasteiger partial charge in [0.2, 0.25) is 11.8 Å². The molecule has 0 unspecified atom stereocenters. The van der Waals surface area contributed by atoms with Crippen LogP contribution in [0.4, 0.5) is 11.4 Å². The fourth-order valence-corrected chi connectivity index (χ4v) is 2.80. The number of anilines is 2. The second-order valence-electron chi connectivity index (χ2n) is 7.05.